The Bertz CT molecular complexity index is 5870. The van der Waals surface area contributed by atoms with Crippen molar-refractivity contribution in [2.24, 2.45) is 0 Å². The number of aromatic nitrogens is 9. The SMILES string of the molecule is Cc1cc2c(c(OC3CC(n4cc(F)c5c(C)ccnc54)[C@H](O)[C@@H]3O)c1)CNCC2.Cc1ccnc2c1c(F)cn2C1CC(Oc2cccc3c2CNCC3)[C@@H](O)[C@H]1O.Cc1cn(C2CC(Oc3ccc(F)c4c3CCCC4)[C@@H](O)[C@H]2O)c2ncnc(C)c12.Nc1ccnc2c1c(Br)cn2C1CC(Oc2cc(F)c(F)c3c2CNCC3)[C@@H](O)[C@H]1O. The summed E-state index contributed by atoms with van der Waals surface area (Å²) >= 11 is 3.48. The Morgan fingerprint density at radius 1 is 0.400 bits per heavy atom. The fourth-order valence-corrected chi connectivity index (χ4v) is 19.9. The second-order valence-corrected chi connectivity index (χ2v) is 33.8. The molecule has 0 radical (unpaired) electrons. The Hall–Kier alpha value is -9.74. The maximum atomic E-state index is 14.6. The third-order valence-corrected chi connectivity index (χ3v) is 26.1. The van der Waals surface area contributed by atoms with Crippen LogP contribution in [-0.2, 0) is 51.7 Å². The van der Waals surface area contributed by atoms with Crippen LogP contribution in [0.25, 0.3) is 44.1 Å². The Balaban J connectivity index is 0.000000114. The van der Waals surface area contributed by atoms with E-state index in [4.69, 9.17) is 24.7 Å². The van der Waals surface area contributed by atoms with Crippen molar-refractivity contribution in [2.45, 2.75) is 222 Å². The molecule has 13 N–H and O–H groups in total. The first-order valence-corrected chi connectivity index (χ1v) is 41.8. The second-order valence-electron chi connectivity index (χ2n) is 33.0. The quantitative estimate of drug-likeness (QED) is 0.0506. The maximum absolute atomic E-state index is 14.6. The van der Waals surface area contributed by atoms with Gasteiger partial charge in [-0.25, -0.2) is 46.9 Å². The number of nitrogens with zero attached hydrogens (tertiary/aromatic N) is 9. The molecule has 0 spiro atoms. The van der Waals surface area contributed by atoms with Crippen LogP contribution in [0.5, 0.6) is 23.0 Å². The van der Waals surface area contributed by atoms with Crippen LogP contribution in [-0.4, -0.2) is 177 Å². The summed E-state index contributed by atoms with van der Waals surface area (Å²) in [7, 11) is 0. The largest absolute Gasteiger partial charge is 0.487 e. The van der Waals surface area contributed by atoms with Crippen molar-refractivity contribution in [1.29, 1.82) is 0 Å². The molecule has 0 amide bonds. The average molecular weight is 1720 g/mol. The van der Waals surface area contributed by atoms with E-state index in [1.807, 2.05) is 63.6 Å². The molecule has 4 saturated carbocycles. The van der Waals surface area contributed by atoms with Crippen LogP contribution in [0.3, 0.4) is 0 Å². The molecule has 120 heavy (non-hydrogen) atoms. The molecule has 12 aromatic rings. The van der Waals surface area contributed by atoms with Gasteiger partial charge in [-0.2, -0.15) is 0 Å². The highest BCUT2D eigenvalue weighted by molar-refractivity contribution is 9.10. The van der Waals surface area contributed by atoms with Gasteiger partial charge in [-0.3, -0.25) is 0 Å². The zero-order chi connectivity index (χ0) is 84.0. The molecule has 20 rings (SSSR count). The number of benzene rings is 4. The van der Waals surface area contributed by atoms with Gasteiger partial charge in [0.2, 0.25) is 0 Å². The molecule has 632 valence electrons. The van der Waals surface area contributed by atoms with Crippen molar-refractivity contribution in [3.8, 4) is 23.0 Å². The number of hydrogen-bond acceptors (Lipinski definition) is 21. The molecule has 11 heterocycles. The van der Waals surface area contributed by atoms with Crippen LogP contribution in [0.2, 0.25) is 0 Å². The molecular formula is C89H97BrF5N13O12. The summed E-state index contributed by atoms with van der Waals surface area (Å²) in [5.41, 5.74) is 20.6. The summed E-state index contributed by atoms with van der Waals surface area (Å²) in [6, 6.07) is 17.5. The molecule has 25 nitrogen and oxygen atoms in total. The third-order valence-electron chi connectivity index (χ3n) is 25.5. The van der Waals surface area contributed by atoms with Gasteiger partial charge in [-0.1, -0.05) is 18.2 Å². The van der Waals surface area contributed by atoms with E-state index in [-0.39, 0.29) is 35.7 Å². The smallest absolute Gasteiger partial charge is 0.162 e. The summed E-state index contributed by atoms with van der Waals surface area (Å²) in [5.74, 6) is -0.516. The van der Waals surface area contributed by atoms with Crippen LogP contribution in [0.4, 0.5) is 27.6 Å². The highest BCUT2D eigenvalue weighted by Gasteiger charge is 2.50. The molecule has 0 saturated heterocycles. The number of ether oxygens (including phenoxy) is 4. The molecular weight excluding hydrogens is 1620 g/mol. The first kappa shape index (κ1) is 82.6. The van der Waals surface area contributed by atoms with Crippen LogP contribution < -0.4 is 40.6 Å². The fraction of sp³-hybridized carbons (Fsp3) is 0.427. The van der Waals surface area contributed by atoms with Gasteiger partial charge in [-0.05, 0) is 197 Å². The number of rotatable bonds is 12. The highest BCUT2D eigenvalue weighted by atomic mass is 79.9. The van der Waals surface area contributed by atoms with Crippen molar-refractivity contribution < 1.29 is 81.8 Å². The molecule has 3 aliphatic heterocycles. The van der Waals surface area contributed by atoms with Crippen molar-refractivity contribution in [3.63, 3.8) is 0 Å². The lowest BCUT2D eigenvalue weighted by atomic mass is 9.90. The van der Waals surface area contributed by atoms with E-state index in [0.29, 0.717) is 101 Å². The topological polar surface area (TPSA) is 345 Å². The van der Waals surface area contributed by atoms with E-state index in [9.17, 15) is 62.8 Å². The molecule has 8 unspecified atom stereocenters. The van der Waals surface area contributed by atoms with E-state index >= 15 is 0 Å². The number of anilines is 1. The van der Waals surface area contributed by atoms with Crippen molar-refractivity contribution in [2.75, 3.05) is 25.4 Å². The molecule has 5 aliphatic carbocycles. The van der Waals surface area contributed by atoms with E-state index < -0.39 is 103 Å². The van der Waals surface area contributed by atoms with Crippen LogP contribution in [0.15, 0.2) is 121 Å². The van der Waals surface area contributed by atoms with E-state index in [2.05, 4.69) is 68.9 Å². The molecule has 4 aromatic carbocycles. The lowest BCUT2D eigenvalue weighted by molar-refractivity contribution is -0.0167. The Labute approximate surface area is 696 Å². The summed E-state index contributed by atoms with van der Waals surface area (Å²) in [6.45, 7) is 13.8. The van der Waals surface area contributed by atoms with Gasteiger partial charge >= 0.3 is 0 Å². The van der Waals surface area contributed by atoms with Gasteiger partial charge in [-0.15, -0.1) is 0 Å². The predicted molar refractivity (Wildman–Crippen MR) is 441 cm³/mol. The van der Waals surface area contributed by atoms with Crippen molar-refractivity contribution in [3.05, 3.63) is 222 Å². The minimum atomic E-state index is -1.22. The zero-order valence-corrected chi connectivity index (χ0v) is 68.4. The number of nitrogens with one attached hydrogen (secondary N) is 3. The van der Waals surface area contributed by atoms with Crippen LogP contribution >= 0.6 is 15.9 Å². The number of nitrogens with two attached hydrogens (primary N) is 1. The number of nitrogen functional groups attached to an aromatic ring is 1. The van der Waals surface area contributed by atoms with Crippen LogP contribution in [0.1, 0.15) is 135 Å². The molecule has 4 fully saturated rings. The minimum absolute atomic E-state index is 0.180. The van der Waals surface area contributed by atoms with E-state index in [1.54, 1.807) is 62.8 Å². The standard InChI is InChI=1S/2C23H26FN3O3.C22H24FN3O3.C21H21BrF2N4O3/c1-12-7-14-4-5-25-10-15(14)18(8-12)30-19-9-17(21(28)22(19)29)27-11-16(24)20-13(2)3-6-26-23(20)27;1-12-10-27(23-20(12)13(2)25-11-26-23)17-9-19(22(29)21(17)28)30-18-8-7-16(24)14-5-3-4-6-15(14)18;1-12-5-8-25-22-19(12)15(23)11-26(22)16-9-18(21(28)20(16)27)29-17-4-2-3-13-6-7-24-10-14(13)17;22-11-8-28(21-17(11)13(25)2-4-27-21)14-6-16(20(30)19(14)29)31-15-5-12(23)18(24)9-1-3-26-7-10(9)15/h3,6-8,11,17,19,21-22,25,28-29H,4-5,9-10H2,1-2H3;7-8,10-11,17,19,21-22,28-29H,3-6,9H2,1-2H3;2-5,8,11,16,18,20-21,24,27-28H,6-7,9-10H2,1H3;2,4-5,8,14,16,19-20,26,29-30H,1,3,6-7H2,(H2,25,27)/t2*17?,19?,21-,22+;16?,18?,20-,21+;14?,16?,19-,20+/m0000/s1. The molecule has 8 aliphatic rings. The predicted octanol–water partition coefficient (Wildman–Crippen LogP) is 10.4. The maximum Gasteiger partial charge on any atom is 0.162 e. The first-order chi connectivity index (χ1) is 57.8. The van der Waals surface area contributed by atoms with Gasteiger partial charge < -0.3 is 99.8 Å². The molecule has 0 bridgehead atoms. The highest BCUT2D eigenvalue weighted by Crippen LogP contribution is 2.46. The first-order valence-electron chi connectivity index (χ1n) is 41.0. The summed E-state index contributed by atoms with van der Waals surface area (Å²) in [5, 5.41) is 98.3. The Kier molecular flexibility index (Phi) is 23.3. The van der Waals surface area contributed by atoms with Gasteiger partial charge in [0.1, 0.15) is 131 Å². The van der Waals surface area contributed by atoms with E-state index in [1.165, 1.54) is 35.9 Å². The average Bonchev–Trinajstić information content (AvgIpc) is 1.62. The zero-order valence-electron chi connectivity index (χ0n) is 66.8. The lowest BCUT2D eigenvalue weighted by Gasteiger charge is -2.25. The number of aryl methyl sites for hydroxylation is 5. The Morgan fingerprint density at radius 2 is 0.858 bits per heavy atom. The monoisotopic (exact) mass is 1710 g/mol. The number of pyridine rings is 3. The molecule has 8 aromatic heterocycles. The number of aliphatic hydroxyl groups excluding tert-OH is 8. The number of halogens is 6. The minimum Gasteiger partial charge on any atom is -0.487 e. The van der Waals surface area contributed by atoms with E-state index in [0.717, 1.165) is 142 Å². The summed E-state index contributed by atoms with van der Waals surface area (Å²) in [6.07, 6.45) is 8.61. The fourth-order valence-electron chi connectivity index (χ4n) is 19.3. The summed E-state index contributed by atoms with van der Waals surface area (Å²) < 4.78 is 104. The normalized spacial score (nSPS) is 26.2. The third kappa shape index (κ3) is 15.3. The number of hydrogen-bond donors (Lipinski definition) is 12. The number of aliphatic hydroxyl groups is 8. The summed E-state index contributed by atoms with van der Waals surface area (Å²) in [4.78, 5) is 21.7. The van der Waals surface area contributed by atoms with Gasteiger partial charge in [0, 0.05) is 138 Å². The number of fused-ring (bicyclic) bond motifs is 8. The Morgan fingerprint density at radius 3 is 1.43 bits per heavy atom. The lowest BCUT2D eigenvalue weighted by Crippen LogP contribution is -2.35. The van der Waals surface area contributed by atoms with Crippen molar-refractivity contribution >= 4 is 65.8 Å². The van der Waals surface area contributed by atoms with Gasteiger partial charge in [0.25, 0.3) is 0 Å². The molecule has 16 atom stereocenters. The van der Waals surface area contributed by atoms with Gasteiger partial charge in [0.05, 0.1) is 46.0 Å². The molecule has 31 heteroatoms. The van der Waals surface area contributed by atoms with Crippen LogP contribution in [0, 0.1) is 63.7 Å². The van der Waals surface area contributed by atoms with Gasteiger partial charge in [0.15, 0.2) is 23.3 Å². The second kappa shape index (κ2) is 33.9. The van der Waals surface area contributed by atoms with Crippen molar-refractivity contribution in [1.82, 2.24) is 59.1 Å².